The van der Waals surface area contributed by atoms with Crippen LogP contribution in [0.5, 0.6) is 0 Å². The summed E-state index contributed by atoms with van der Waals surface area (Å²) in [5, 5.41) is 5.17. The van der Waals surface area contributed by atoms with Gasteiger partial charge in [0.25, 0.3) is 0 Å². The van der Waals surface area contributed by atoms with Gasteiger partial charge in [0.05, 0.1) is 6.61 Å². The molecule has 0 amide bonds. The molecular weight excluding hydrogens is 261 g/mol. The summed E-state index contributed by atoms with van der Waals surface area (Å²) in [7, 11) is 0. The molecule has 2 atom stereocenters. The summed E-state index contributed by atoms with van der Waals surface area (Å²) < 4.78 is 41.2. The van der Waals surface area contributed by atoms with Crippen LogP contribution >= 0.6 is 11.6 Å². The molecule has 0 aromatic rings. The van der Waals surface area contributed by atoms with Gasteiger partial charge < -0.3 is 4.74 Å². The van der Waals surface area contributed by atoms with Gasteiger partial charge in [0.1, 0.15) is 11.1 Å². The summed E-state index contributed by atoms with van der Waals surface area (Å²) in [5.41, 5.74) is -1.70. The van der Waals surface area contributed by atoms with Gasteiger partial charge in [-0.25, -0.2) is 4.79 Å². The maximum atomic E-state index is 12.2. The Morgan fingerprint density at radius 1 is 1.65 bits per heavy atom. The molecule has 1 heterocycles. The van der Waals surface area contributed by atoms with E-state index in [1.165, 1.54) is 6.92 Å². The molecule has 1 rings (SSSR count). The number of nitrogens with one attached hydrogen (secondary N) is 1. The maximum Gasteiger partial charge on any atom is 0.430 e. The number of aliphatic imine (C=N–C) groups is 1. The van der Waals surface area contributed by atoms with Gasteiger partial charge in [-0.1, -0.05) is 0 Å². The molecule has 1 N–H and O–H groups in total. The van der Waals surface area contributed by atoms with Crippen LogP contribution in [0.3, 0.4) is 0 Å². The summed E-state index contributed by atoms with van der Waals surface area (Å²) in [5.74, 6) is -0.577. The molecule has 0 aromatic carbocycles. The molecular formula is C9H10ClF3N2O2. The molecule has 0 aromatic heterocycles. The number of ether oxygens (including phenoxy) is 1. The minimum atomic E-state index is -4.79. The van der Waals surface area contributed by atoms with Crippen LogP contribution in [0.4, 0.5) is 13.2 Å². The fourth-order valence-corrected chi connectivity index (χ4v) is 1.45. The van der Waals surface area contributed by atoms with Gasteiger partial charge >= 0.3 is 12.1 Å². The van der Waals surface area contributed by atoms with Gasteiger partial charge in [-0.15, -0.1) is 11.6 Å². The topological polar surface area (TPSA) is 62.5 Å². The predicted molar refractivity (Wildman–Crippen MR) is 55.9 cm³/mol. The van der Waals surface area contributed by atoms with Crippen LogP contribution in [0.2, 0.25) is 0 Å². The van der Waals surface area contributed by atoms with E-state index in [0.717, 1.165) is 0 Å². The zero-order chi connectivity index (χ0) is 13.2. The number of carbonyl (C=O) groups excluding carboxylic acids is 1. The minimum Gasteiger partial charge on any atom is -0.464 e. The highest BCUT2D eigenvalue weighted by molar-refractivity contribution is 6.43. The number of alkyl halides is 4. The number of carbonyl (C=O) groups is 1. The highest BCUT2D eigenvalue weighted by Gasteiger charge is 2.40. The molecule has 1 aliphatic heterocycles. The molecule has 8 heteroatoms. The summed E-state index contributed by atoms with van der Waals surface area (Å²) in [6.45, 7) is 1.45. The Kier molecular flexibility index (Phi) is 4.13. The van der Waals surface area contributed by atoms with Crippen LogP contribution in [-0.4, -0.2) is 41.6 Å². The van der Waals surface area contributed by atoms with Crippen molar-refractivity contribution in [3.8, 4) is 0 Å². The van der Waals surface area contributed by atoms with E-state index in [0.29, 0.717) is 6.42 Å². The van der Waals surface area contributed by atoms with E-state index in [-0.39, 0.29) is 12.3 Å². The van der Waals surface area contributed by atoms with Crippen LogP contribution < -0.4 is 0 Å². The van der Waals surface area contributed by atoms with E-state index in [1.54, 1.807) is 0 Å². The maximum absolute atomic E-state index is 12.2. The third-order valence-electron chi connectivity index (χ3n) is 2.19. The average molecular weight is 271 g/mol. The monoisotopic (exact) mass is 270 g/mol. The quantitative estimate of drug-likeness (QED) is 0.484. The van der Waals surface area contributed by atoms with Crippen molar-refractivity contribution in [1.82, 2.24) is 0 Å². The normalized spacial score (nSPS) is 23.5. The molecule has 0 spiro atoms. The number of halogens is 4. The number of hydrogen-bond donors (Lipinski definition) is 1. The van der Waals surface area contributed by atoms with E-state index in [1.807, 2.05) is 0 Å². The van der Waals surface area contributed by atoms with Crippen LogP contribution in [-0.2, 0) is 9.53 Å². The fraction of sp³-hybridized carbons (Fsp3) is 0.667. The van der Waals surface area contributed by atoms with Gasteiger partial charge in [-0.2, -0.15) is 13.2 Å². The first-order valence-corrected chi connectivity index (χ1v) is 5.17. The Balaban J connectivity index is 2.75. The number of nitrogens with zero attached hydrogens (tertiary/aromatic N) is 1. The molecule has 0 aliphatic carbocycles. The largest absolute Gasteiger partial charge is 0.464 e. The summed E-state index contributed by atoms with van der Waals surface area (Å²) >= 11 is 5.47. The molecule has 17 heavy (non-hydrogen) atoms. The predicted octanol–water partition coefficient (Wildman–Crippen LogP) is 1.95. The molecule has 1 fully saturated rings. The minimum absolute atomic E-state index is 0.113. The number of rotatable bonds is 3. The van der Waals surface area contributed by atoms with Gasteiger partial charge in [-0.3, -0.25) is 10.4 Å². The SMILES string of the molecule is CC(=NC1CCOC1=O)C(Cl)C(=N)C(F)(F)F. The Morgan fingerprint density at radius 3 is 2.65 bits per heavy atom. The molecule has 1 aliphatic rings. The van der Waals surface area contributed by atoms with Gasteiger partial charge in [0, 0.05) is 12.1 Å². The number of hydrogen-bond acceptors (Lipinski definition) is 4. The van der Waals surface area contributed by atoms with E-state index >= 15 is 0 Å². The first-order valence-electron chi connectivity index (χ1n) is 4.74. The molecule has 4 nitrogen and oxygen atoms in total. The third kappa shape index (κ3) is 3.42. The van der Waals surface area contributed by atoms with Crippen molar-refractivity contribution in [3.05, 3.63) is 0 Å². The average Bonchev–Trinajstić information content (AvgIpc) is 2.61. The van der Waals surface area contributed by atoms with Gasteiger partial charge in [-0.05, 0) is 6.92 Å². The van der Waals surface area contributed by atoms with E-state index in [4.69, 9.17) is 17.0 Å². The lowest BCUT2D eigenvalue weighted by molar-refractivity contribution is -0.138. The lowest BCUT2D eigenvalue weighted by Gasteiger charge is -2.14. The zero-order valence-electron chi connectivity index (χ0n) is 8.84. The van der Waals surface area contributed by atoms with E-state index in [9.17, 15) is 18.0 Å². The van der Waals surface area contributed by atoms with Crippen LogP contribution in [0.15, 0.2) is 4.99 Å². The lowest BCUT2D eigenvalue weighted by Crippen LogP contribution is -2.35. The number of cyclic esters (lactones) is 1. The van der Waals surface area contributed by atoms with Crippen molar-refractivity contribution in [2.45, 2.75) is 30.9 Å². The molecule has 0 radical (unpaired) electrons. The summed E-state index contributed by atoms with van der Waals surface area (Å²) in [6, 6.07) is -0.808. The Hall–Kier alpha value is -1.11. The Labute approximate surface area is 100 Å². The van der Waals surface area contributed by atoms with Crippen molar-refractivity contribution >= 4 is 29.0 Å². The second kappa shape index (κ2) is 5.03. The second-order valence-electron chi connectivity index (χ2n) is 3.52. The third-order valence-corrected chi connectivity index (χ3v) is 2.73. The van der Waals surface area contributed by atoms with Crippen molar-refractivity contribution < 1.29 is 22.7 Å². The first kappa shape index (κ1) is 14.0. The zero-order valence-corrected chi connectivity index (χ0v) is 9.60. The molecule has 0 bridgehead atoms. The van der Waals surface area contributed by atoms with E-state index in [2.05, 4.69) is 9.73 Å². The molecule has 1 saturated heterocycles. The van der Waals surface area contributed by atoms with Crippen LogP contribution in [0, 0.1) is 5.41 Å². The Morgan fingerprint density at radius 2 is 2.24 bits per heavy atom. The smallest absolute Gasteiger partial charge is 0.430 e. The summed E-state index contributed by atoms with van der Waals surface area (Å²) in [4.78, 5) is 14.8. The van der Waals surface area contributed by atoms with Gasteiger partial charge in [0.15, 0.2) is 6.04 Å². The number of esters is 1. The van der Waals surface area contributed by atoms with Crippen molar-refractivity contribution in [2.75, 3.05) is 6.61 Å². The molecule has 2 unspecified atom stereocenters. The molecule has 96 valence electrons. The van der Waals surface area contributed by atoms with Gasteiger partial charge in [0.2, 0.25) is 0 Å². The Bertz CT molecular complexity index is 368. The van der Waals surface area contributed by atoms with Crippen molar-refractivity contribution in [1.29, 1.82) is 5.41 Å². The van der Waals surface area contributed by atoms with Crippen LogP contribution in [0.1, 0.15) is 13.3 Å². The van der Waals surface area contributed by atoms with E-state index < -0.39 is 29.3 Å². The van der Waals surface area contributed by atoms with Crippen molar-refractivity contribution in [3.63, 3.8) is 0 Å². The second-order valence-corrected chi connectivity index (χ2v) is 3.95. The van der Waals surface area contributed by atoms with Crippen LogP contribution in [0.25, 0.3) is 0 Å². The highest BCUT2D eigenvalue weighted by atomic mass is 35.5. The lowest BCUT2D eigenvalue weighted by atomic mass is 10.1. The molecule has 0 saturated carbocycles. The summed E-state index contributed by atoms with van der Waals surface area (Å²) in [6.07, 6.45) is -4.47. The van der Waals surface area contributed by atoms with Crippen molar-refractivity contribution in [2.24, 2.45) is 4.99 Å². The standard InChI is InChI=1S/C9H10ClF3N2O2/c1-4(6(10)7(14)9(11,12)13)15-5-2-3-17-8(5)16/h5-6,14H,2-3H2,1H3. The first-order chi connectivity index (χ1) is 7.73. The fourth-order valence-electron chi connectivity index (χ4n) is 1.27. The highest BCUT2D eigenvalue weighted by Crippen LogP contribution is 2.22.